The predicted molar refractivity (Wildman–Crippen MR) is 101 cm³/mol. The number of benzene rings is 2. The first-order valence-electron chi connectivity index (χ1n) is 8.63. The van der Waals surface area contributed by atoms with Crippen molar-refractivity contribution in [2.45, 2.75) is 17.7 Å². The van der Waals surface area contributed by atoms with Crippen molar-refractivity contribution in [2.24, 2.45) is 0 Å². The number of ketones is 2. The Hall–Kier alpha value is -2.84. The smallest absolute Gasteiger partial charge is 0.305 e. The van der Waals surface area contributed by atoms with Crippen molar-refractivity contribution in [3.63, 3.8) is 0 Å². The Balaban J connectivity index is 1.90. The van der Waals surface area contributed by atoms with Crippen LogP contribution in [0.15, 0.2) is 47.4 Å². The number of hydrogen-bond donors (Lipinski definition) is 0. The molecule has 0 bridgehead atoms. The predicted octanol–water partition coefficient (Wildman–Crippen LogP) is 2.04. The van der Waals surface area contributed by atoms with E-state index in [0.29, 0.717) is 12.0 Å². The van der Waals surface area contributed by atoms with E-state index in [0.717, 1.165) is 4.31 Å². The molecule has 146 valence electrons. The van der Waals surface area contributed by atoms with Gasteiger partial charge in [0.2, 0.25) is 10.0 Å². The quantitative estimate of drug-likeness (QED) is 0.586. The van der Waals surface area contributed by atoms with Gasteiger partial charge in [-0.2, -0.15) is 0 Å². The molecule has 0 saturated heterocycles. The highest BCUT2D eigenvalue weighted by Gasteiger charge is 2.31. The zero-order chi connectivity index (χ0) is 20.5. The number of ether oxygens (including phenoxy) is 1. The summed E-state index contributed by atoms with van der Waals surface area (Å²) in [6.45, 7) is 0.115. The molecule has 8 heteroatoms. The van der Waals surface area contributed by atoms with Crippen LogP contribution in [-0.2, 0) is 19.6 Å². The van der Waals surface area contributed by atoms with Crippen molar-refractivity contribution in [3.8, 4) is 0 Å². The topological polar surface area (TPSA) is 97.8 Å². The fraction of sp³-hybridized carbons (Fsp3) is 0.250. The van der Waals surface area contributed by atoms with E-state index < -0.39 is 16.0 Å². The monoisotopic (exact) mass is 401 g/mol. The standard InChI is InChI=1S/C20H19NO6S/c1-21(11-5-8-18(22)27-2)28(25,26)13-9-10-16-17(12-13)20(24)15-7-4-3-6-14(15)19(16)23/h3-4,6-7,9-10,12H,5,8,11H2,1-2H3. The van der Waals surface area contributed by atoms with E-state index in [-0.39, 0.29) is 46.1 Å². The number of carbonyl (C=O) groups excluding carboxylic acids is 3. The SMILES string of the molecule is COC(=O)CCCN(C)S(=O)(=O)c1ccc2c(c1)C(=O)c1ccccc1C2=O. The summed E-state index contributed by atoms with van der Waals surface area (Å²) in [7, 11) is -1.21. The Kier molecular flexibility index (Phi) is 5.44. The van der Waals surface area contributed by atoms with Crippen LogP contribution in [0, 0.1) is 0 Å². The van der Waals surface area contributed by atoms with Gasteiger partial charge >= 0.3 is 5.97 Å². The Morgan fingerprint density at radius 1 is 0.964 bits per heavy atom. The molecule has 1 aliphatic carbocycles. The first kappa shape index (κ1) is 19.9. The molecule has 28 heavy (non-hydrogen) atoms. The summed E-state index contributed by atoms with van der Waals surface area (Å²) in [5.74, 6) is -1.10. The van der Waals surface area contributed by atoms with E-state index in [9.17, 15) is 22.8 Å². The number of nitrogens with zero attached hydrogens (tertiary/aromatic N) is 1. The molecule has 0 amide bonds. The lowest BCUT2D eigenvalue weighted by atomic mass is 9.84. The minimum atomic E-state index is -3.88. The summed E-state index contributed by atoms with van der Waals surface area (Å²) < 4.78 is 31.3. The minimum absolute atomic E-state index is 0.0765. The molecule has 0 aromatic heterocycles. The molecule has 0 heterocycles. The van der Waals surface area contributed by atoms with Crippen LogP contribution in [0.3, 0.4) is 0 Å². The summed E-state index contributed by atoms with van der Waals surface area (Å²) in [4.78, 5) is 36.5. The van der Waals surface area contributed by atoms with Crippen LogP contribution in [0.25, 0.3) is 0 Å². The molecule has 1 aliphatic rings. The molecule has 0 atom stereocenters. The lowest BCUT2D eigenvalue weighted by molar-refractivity contribution is -0.140. The summed E-state index contributed by atoms with van der Waals surface area (Å²) in [5, 5.41) is 0. The molecule has 0 N–H and O–H groups in total. The molecule has 0 spiro atoms. The molecule has 0 fully saturated rings. The number of carbonyl (C=O) groups is 3. The molecule has 0 saturated carbocycles. The van der Waals surface area contributed by atoms with E-state index in [1.165, 1.54) is 32.4 Å². The maximum atomic E-state index is 12.8. The third-order valence-corrected chi connectivity index (χ3v) is 6.54. The minimum Gasteiger partial charge on any atom is -0.469 e. The zero-order valence-electron chi connectivity index (χ0n) is 15.5. The fourth-order valence-corrected chi connectivity index (χ4v) is 4.32. The van der Waals surface area contributed by atoms with Crippen molar-refractivity contribution < 1.29 is 27.5 Å². The van der Waals surface area contributed by atoms with Gasteiger partial charge < -0.3 is 4.74 Å². The van der Waals surface area contributed by atoms with Gasteiger partial charge in [-0.3, -0.25) is 14.4 Å². The summed E-state index contributed by atoms with van der Waals surface area (Å²) in [6, 6.07) is 10.4. The van der Waals surface area contributed by atoms with Gasteiger partial charge in [0.25, 0.3) is 0 Å². The fourth-order valence-electron chi connectivity index (χ4n) is 3.09. The van der Waals surface area contributed by atoms with Crippen LogP contribution in [0.4, 0.5) is 0 Å². The van der Waals surface area contributed by atoms with Crippen LogP contribution in [0.1, 0.15) is 44.7 Å². The number of hydrogen-bond acceptors (Lipinski definition) is 6. The largest absolute Gasteiger partial charge is 0.469 e. The third kappa shape index (κ3) is 3.48. The second-order valence-electron chi connectivity index (χ2n) is 6.42. The second-order valence-corrected chi connectivity index (χ2v) is 8.46. The Morgan fingerprint density at radius 2 is 1.54 bits per heavy atom. The van der Waals surface area contributed by atoms with Crippen LogP contribution in [-0.4, -0.2) is 51.0 Å². The first-order chi connectivity index (χ1) is 13.3. The van der Waals surface area contributed by atoms with Crippen LogP contribution in [0.2, 0.25) is 0 Å². The number of sulfonamides is 1. The Morgan fingerprint density at radius 3 is 2.14 bits per heavy atom. The number of fused-ring (bicyclic) bond motifs is 2. The Bertz CT molecular complexity index is 1070. The van der Waals surface area contributed by atoms with E-state index in [4.69, 9.17) is 0 Å². The third-order valence-electron chi connectivity index (χ3n) is 4.69. The maximum absolute atomic E-state index is 12.8. The molecular formula is C20H19NO6S. The van der Waals surface area contributed by atoms with E-state index >= 15 is 0 Å². The molecule has 2 aromatic carbocycles. The molecule has 2 aromatic rings. The highest BCUT2D eigenvalue weighted by Crippen LogP contribution is 2.29. The number of methoxy groups -OCH3 is 1. The van der Waals surface area contributed by atoms with Crippen LogP contribution < -0.4 is 0 Å². The second kappa shape index (κ2) is 7.65. The lowest BCUT2D eigenvalue weighted by Crippen LogP contribution is -2.29. The first-order valence-corrected chi connectivity index (χ1v) is 10.1. The molecule has 0 aliphatic heterocycles. The van der Waals surface area contributed by atoms with Crippen molar-refractivity contribution in [1.29, 1.82) is 0 Å². The normalized spacial score (nSPS) is 13.2. The number of rotatable bonds is 6. The van der Waals surface area contributed by atoms with Gasteiger partial charge in [-0.1, -0.05) is 24.3 Å². The van der Waals surface area contributed by atoms with Gasteiger partial charge in [0.1, 0.15) is 0 Å². The summed E-state index contributed by atoms with van der Waals surface area (Å²) in [6.07, 6.45) is 0.405. The van der Waals surface area contributed by atoms with Gasteiger partial charge in [0, 0.05) is 42.3 Å². The lowest BCUT2D eigenvalue weighted by Gasteiger charge is -2.20. The van der Waals surface area contributed by atoms with Gasteiger partial charge in [0.15, 0.2) is 11.6 Å². The zero-order valence-corrected chi connectivity index (χ0v) is 16.3. The molecule has 0 unspecified atom stereocenters. The van der Waals surface area contributed by atoms with Crippen molar-refractivity contribution >= 4 is 27.6 Å². The average molecular weight is 401 g/mol. The molecule has 3 rings (SSSR count). The van der Waals surface area contributed by atoms with Crippen molar-refractivity contribution in [1.82, 2.24) is 4.31 Å². The van der Waals surface area contributed by atoms with Crippen molar-refractivity contribution in [2.75, 3.05) is 20.7 Å². The summed E-state index contributed by atoms with van der Waals surface area (Å²) >= 11 is 0. The molecule has 7 nitrogen and oxygen atoms in total. The van der Waals surface area contributed by atoms with E-state index in [1.54, 1.807) is 24.3 Å². The summed E-state index contributed by atoms with van der Waals surface area (Å²) in [5.41, 5.74) is 0.847. The molecular weight excluding hydrogens is 382 g/mol. The Labute approximate surface area is 163 Å². The van der Waals surface area contributed by atoms with Crippen molar-refractivity contribution in [3.05, 3.63) is 64.7 Å². The van der Waals surface area contributed by atoms with Gasteiger partial charge in [-0.15, -0.1) is 0 Å². The molecule has 0 radical (unpaired) electrons. The van der Waals surface area contributed by atoms with E-state index in [1.807, 2.05) is 0 Å². The average Bonchev–Trinajstić information content (AvgIpc) is 2.71. The highest BCUT2D eigenvalue weighted by molar-refractivity contribution is 7.89. The highest BCUT2D eigenvalue weighted by atomic mass is 32.2. The van der Waals surface area contributed by atoms with E-state index in [2.05, 4.69) is 4.74 Å². The maximum Gasteiger partial charge on any atom is 0.305 e. The van der Waals surface area contributed by atoms with Gasteiger partial charge in [-0.05, 0) is 24.6 Å². The number of esters is 1. The van der Waals surface area contributed by atoms with Gasteiger partial charge in [0.05, 0.1) is 12.0 Å². The van der Waals surface area contributed by atoms with Gasteiger partial charge in [-0.25, -0.2) is 12.7 Å². The van der Waals surface area contributed by atoms with Crippen LogP contribution >= 0.6 is 0 Å². The van der Waals surface area contributed by atoms with Crippen LogP contribution in [0.5, 0.6) is 0 Å².